The second-order valence-electron chi connectivity index (χ2n) is 7.89. The molecule has 2 heterocycles. The molecular weight excluding hydrogens is 388 g/mol. The van der Waals surface area contributed by atoms with Gasteiger partial charge in [-0.05, 0) is 56.5 Å². The number of rotatable bonds is 6. The lowest BCUT2D eigenvalue weighted by molar-refractivity contribution is 0.356. The van der Waals surface area contributed by atoms with Crippen molar-refractivity contribution < 1.29 is 9.47 Å². The third kappa shape index (κ3) is 3.98. The highest BCUT2D eigenvalue weighted by Crippen LogP contribution is 2.35. The highest BCUT2D eigenvalue weighted by molar-refractivity contribution is 6.25. The van der Waals surface area contributed by atoms with Crippen LogP contribution in [0.5, 0.6) is 11.5 Å². The van der Waals surface area contributed by atoms with Crippen molar-refractivity contribution in [1.29, 1.82) is 0 Å². The number of methoxy groups -OCH3 is 2. The van der Waals surface area contributed by atoms with Crippen LogP contribution in [-0.4, -0.2) is 36.4 Å². The number of hydrogen-bond acceptors (Lipinski definition) is 6. The van der Waals surface area contributed by atoms with E-state index in [4.69, 9.17) is 9.47 Å². The minimum absolute atomic E-state index is 0.0464. The predicted molar refractivity (Wildman–Crippen MR) is 126 cm³/mol. The fourth-order valence-electron chi connectivity index (χ4n) is 4.09. The van der Waals surface area contributed by atoms with Crippen LogP contribution < -0.4 is 14.8 Å². The molecule has 0 aliphatic carbocycles. The summed E-state index contributed by atoms with van der Waals surface area (Å²) in [6.45, 7) is 9.06. The third-order valence-corrected chi connectivity index (χ3v) is 5.68. The fraction of sp³-hybridized carbons (Fsp3) is 0.320. The second kappa shape index (κ2) is 8.38. The second-order valence-corrected chi connectivity index (χ2v) is 7.89. The third-order valence-electron chi connectivity index (χ3n) is 5.68. The predicted octanol–water partition coefficient (Wildman–Crippen LogP) is 5.38. The number of aromatic nitrogens is 2. The SMILES string of the molecule is COc1cc2nc(C)nc(N[C@H](C)c3cccc(C4=C(C)CN=C4C)c3)c2cc1OC. The topological polar surface area (TPSA) is 68.6 Å². The number of fused-ring (bicyclic) bond motifs is 1. The van der Waals surface area contributed by atoms with Crippen molar-refractivity contribution in [2.75, 3.05) is 26.1 Å². The Kier molecular flexibility index (Phi) is 5.63. The number of benzene rings is 2. The van der Waals surface area contributed by atoms with Gasteiger partial charge in [-0.3, -0.25) is 4.99 Å². The molecule has 0 amide bonds. The maximum Gasteiger partial charge on any atom is 0.162 e. The molecule has 1 aliphatic rings. The smallest absolute Gasteiger partial charge is 0.162 e. The average Bonchev–Trinajstić information content (AvgIpc) is 3.10. The molecule has 160 valence electrons. The molecule has 31 heavy (non-hydrogen) atoms. The van der Waals surface area contributed by atoms with E-state index in [1.165, 1.54) is 22.3 Å². The maximum atomic E-state index is 5.49. The molecule has 4 rings (SSSR count). The molecule has 1 aliphatic heterocycles. The van der Waals surface area contributed by atoms with Gasteiger partial charge < -0.3 is 14.8 Å². The molecule has 6 nitrogen and oxygen atoms in total. The number of anilines is 1. The van der Waals surface area contributed by atoms with E-state index in [1.54, 1.807) is 14.2 Å². The Balaban J connectivity index is 1.71. The minimum Gasteiger partial charge on any atom is -0.493 e. The summed E-state index contributed by atoms with van der Waals surface area (Å²) in [4.78, 5) is 13.8. The van der Waals surface area contributed by atoms with E-state index in [0.717, 1.165) is 29.0 Å². The summed E-state index contributed by atoms with van der Waals surface area (Å²) in [5.41, 5.74) is 6.88. The van der Waals surface area contributed by atoms with E-state index in [0.29, 0.717) is 17.3 Å². The first-order chi connectivity index (χ1) is 14.9. The first-order valence-corrected chi connectivity index (χ1v) is 10.4. The lowest BCUT2D eigenvalue weighted by Crippen LogP contribution is -2.10. The van der Waals surface area contributed by atoms with E-state index in [2.05, 4.69) is 65.3 Å². The van der Waals surface area contributed by atoms with Crippen molar-refractivity contribution in [3.05, 3.63) is 58.9 Å². The number of aryl methyl sites for hydroxylation is 1. The van der Waals surface area contributed by atoms with Gasteiger partial charge in [0.05, 0.1) is 26.3 Å². The average molecular weight is 417 g/mol. The largest absolute Gasteiger partial charge is 0.493 e. The van der Waals surface area contributed by atoms with E-state index < -0.39 is 0 Å². The summed E-state index contributed by atoms with van der Waals surface area (Å²) in [5, 5.41) is 4.47. The quantitative estimate of drug-likeness (QED) is 0.584. The molecule has 3 aromatic rings. The Labute approximate surface area is 183 Å². The molecule has 0 saturated carbocycles. The molecule has 1 atom stereocenters. The Morgan fingerprint density at radius 2 is 1.71 bits per heavy atom. The standard InChI is InChI=1S/C25H28N4O2/c1-14-13-26-16(3)24(14)19-9-7-8-18(10-19)15(2)27-25-20-11-22(30-5)23(31-6)12-21(20)28-17(4)29-25/h7-12,15H,13H2,1-6H3,(H,27,28,29)/t15-/m1/s1. The molecule has 1 N–H and O–H groups in total. The van der Waals surface area contributed by atoms with Gasteiger partial charge in [0.25, 0.3) is 0 Å². The Hall–Kier alpha value is -3.41. The van der Waals surface area contributed by atoms with Gasteiger partial charge in [0.15, 0.2) is 11.5 Å². The normalized spacial score (nSPS) is 14.6. The van der Waals surface area contributed by atoms with Crippen molar-refractivity contribution in [2.45, 2.75) is 33.7 Å². The molecule has 2 aromatic carbocycles. The Morgan fingerprint density at radius 1 is 0.968 bits per heavy atom. The van der Waals surface area contributed by atoms with Crippen molar-refractivity contribution in [1.82, 2.24) is 9.97 Å². The summed E-state index contributed by atoms with van der Waals surface area (Å²) in [7, 11) is 3.25. The van der Waals surface area contributed by atoms with Crippen LogP contribution in [0, 0.1) is 6.92 Å². The lowest BCUT2D eigenvalue weighted by Gasteiger charge is -2.19. The molecule has 0 unspecified atom stereocenters. The van der Waals surface area contributed by atoms with Gasteiger partial charge in [-0.2, -0.15) is 0 Å². The molecule has 0 bridgehead atoms. The zero-order valence-electron chi connectivity index (χ0n) is 18.9. The van der Waals surface area contributed by atoms with Gasteiger partial charge in [-0.25, -0.2) is 9.97 Å². The molecule has 0 radical (unpaired) electrons. The summed E-state index contributed by atoms with van der Waals surface area (Å²) >= 11 is 0. The number of allylic oxidation sites excluding steroid dienone is 1. The van der Waals surface area contributed by atoms with Crippen LogP contribution in [0.15, 0.2) is 47.0 Å². The number of ether oxygens (including phenoxy) is 2. The van der Waals surface area contributed by atoms with E-state index in [9.17, 15) is 0 Å². The fourth-order valence-corrected chi connectivity index (χ4v) is 4.09. The monoisotopic (exact) mass is 416 g/mol. The van der Waals surface area contributed by atoms with Crippen LogP contribution in [0.4, 0.5) is 5.82 Å². The minimum atomic E-state index is 0.0464. The van der Waals surface area contributed by atoms with Crippen molar-refractivity contribution in [3.8, 4) is 11.5 Å². The summed E-state index contributed by atoms with van der Waals surface area (Å²) < 4.78 is 10.9. The van der Waals surface area contributed by atoms with E-state index >= 15 is 0 Å². The van der Waals surface area contributed by atoms with Gasteiger partial charge in [-0.15, -0.1) is 0 Å². The van der Waals surface area contributed by atoms with Gasteiger partial charge >= 0.3 is 0 Å². The number of nitrogens with one attached hydrogen (secondary N) is 1. The zero-order valence-corrected chi connectivity index (χ0v) is 18.9. The molecule has 1 aromatic heterocycles. The van der Waals surface area contributed by atoms with Gasteiger partial charge in [0, 0.05) is 28.8 Å². The van der Waals surface area contributed by atoms with Crippen molar-refractivity contribution in [2.24, 2.45) is 4.99 Å². The molecule has 0 fully saturated rings. The van der Waals surface area contributed by atoms with Crippen LogP contribution in [0.3, 0.4) is 0 Å². The van der Waals surface area contributed by atoms with Crippen molar-refractivity contribution >= 4 is 28.0 Å². The number of nitrogens with zero attached hydrogens (tertiary/aromatic N) is 3. The first kappa shape index (κ1) is 20.8. The summed E-state index contributed by atoms with van der Waals surface area (Å²) in [6, 6.07) is 12.5. The van der Waals surface area contributed by atoms with E-state index in [-0.39, 0.29) is 6.04 Å². The molecule has 0 saturated heterocycles. The number of aliphatic imine (C=N–C) groups is 1. The molecule has 6 heteroatoms. The van der Waals surface area contributed by atoms with Gasteiger partial charge in [0.1, 0.15) is 11.6 Å². The van der Waals surface area contributed by atoms with Gasteiger partial charge in [-0.1, -0.05) is 18.2 Å². The Bertz CT molecular complexity index is 1210. The van der Waals surface area contributed by atoms with Crippen LogP contribution in [-0.2, 0) is 0 Å². The van der Waals surface area contributed by atoms with E-state index in [1.807, 2.05) is 19.1 Å². The highest BCUT2D eigenvalue weighted by Gasteiger charge is 2.18. The van der Waals surface area contributed by atoms with Crippen LogP contribution in [0.1, 0.15) is 43.8 Å². The molecular formula is C25H28N4O2. The highest BCUT2D eigenvalue weighted by atomic mass is 16.5. The maximum absolute atomic E-state index is 5.49. The van der Waals surface area contributed by atoms with Crippen LogP contribution in [0.25, 0.3) is 16.5 Å². The first-order valence-electron chi connectivity index (χ1n) is 10.4. The zero-order chi connectivity index (χ0) is 22.1. The summed E-state index contributed by atoms with van der Waals surface area (Å²) in [6.07, 6.45) is 0. The van der Waals surface area contributed by atoms with Gasteiger partial charge in [0.2, 0.25) is 0 Å². The summed E-state index contributed by atoms with van der Waals surface area (Å²) in [5.74, 6) is 2.77. The Morgan fingerprint density at radius 3 is 2.39 bits per heavy atom. The number of hydrogen-bond donors (Lipinski definition) is 1. The van der Waals surface area contributed by atoms with Crippen molar-refractivity contribution in [3.63, 3.8) is 0 Å². The molecule has 0 spiro atoms. The van der Waals surface area contributed by atoms with Crippen LogP contribution in [0.2, 0.25) is 0 Å². The van der Waals surface area contributed by atoms with Crippen LogP contribution >= 0.6 is 0 Å². The lowest BCUT2D eigenvalue weighted by atomic mass is 9.95.